The highest BCUT2D eigenvalue weighted by Gasteiger charge is 2.12. The molecule has 0 unspecified atom stereocenters. The lowest BCUT2D eigenvalue weighted by Gasteiger charge is -1.97. The van der Waals surface area contributed by atoms with E-state index in [1.807, 2.05) is 0 Å². The molecule has 21 heavy (non-hydrogen) atoms. The molecule has 0 fully saturated rings. The zero-order valence-electron chi connectivity index (χ0n) is 10.6. The van der Waals surface area contributed by atoms with E-state index in [9.17, 15) is 9.59 Å². The molecule has 0 saturated carbocycles. The van der Waals surface area contributed by atoms with Gasteiger partial charge in [0.2, 0.25) is 11.4 Å². The van der Waals surface area contributed by atoms with E-state index in [4.69, 9.17) is 9.52 Å². The number of nitrogens with one attached hydrogen (secondary N) is 1. The minimum absolute atomic E-state index is 0.125. The number of rotatable bonds is 3. The first kappa shape index (κ1) is 12.8. The van der Waals surface area contributed by atoms with Gasteiger partial charge in [0, 0.05) is 11.6 Å². The molecule has 0 radical (unpaired) electrons. The van der Waals surface area contributed by atoms with Crippen LogP contribution in [0, 0.1) is 0 Å². The number of aromatic nitrogens is 3. The summed E-state index contributed by atoms with van der Waals surface area (Å²) in [5.41, 5.74) is 0.739. The van der Waals surface area contributed by atoms with Crippen molar-refractivity contribution in [2.75, 3.05) is 0 Å². The molecule has 104 valence electrons. The summed E-state index contributed by atoms with van der Waals surface area (Å²) in [5.74, 6) is -0.704. The van der Waals surface area contributed by atoms with Crippen molar-refractivity contribution >= 4 is 5.97 Å². The van der Waals surface area contributed by atoms with Gasteiger partial charge < -0.3 is 14.5 Å². The van der Waals surface area contributed by atoms with E-state index >= 15 is 0 Å². The van der Waals surface area contributed by atoms with Gasteiger partial charge >= 0.3 is 5.97 Å². The summed E-state index contributed by atoms with van der Waals surface area (Å²) in [4.78, 5) is 24.8. The fourth-order valence-corrected chi connectivity index (χ4v) is 1.81. The van der Waals surface area contributed by atoms with Crippen LogP contribution < -0.4 is 5.56 Å². The molecule has 2 heterocycles. The van der Waals surface area contributed by atoms with Crippen molar-refractivity contribution in [3.05, 3.63) is 58.4 Å². The predicted octanol–water partition coefficient (Wildman–Crippen LogP) is 1.79. The molecule has 0 aliphatic heterocycles. The average molecular weight is 283 g/mol. The van der Waals surface area contributed by atoms with Crippen molar-refractivity contribution < 1.29 is 14.3 Å². The van der Waals surface area contributed by atoms with Gasteiger partial charge in [0.25, 0.3) is 5.89 Å². The summed E-state index contributed by atoms with van der Waals surface area (Å²) in [7, 11) is 0. The second kappa shape index (κ2) is 5.04. The Labute approximate surface area is 117 Å². The van der Waals surface area contributed by atoms with Crippen LogP contribution in [0.3, 0.4) is 0 Å². The fourth-order valence-electron chi connectivity index (χ4n) is 1.81. The topological polar surface area (TPSA) is 109 Å². The van der Waals surface area contributed by atoms with E-state index in [2.05, 4.69) is 15.2 Å². The van der Waals surface area contributed by atoms with Crippen molar-refractivity contribution in [3.63, 3.8) is 0 Å². The van der Waals surface area contributed by atoms with Crippen molar-refractivity contribution in [2.24, 2.45) is 0 Å². The van der Waals surface area contributed by atoms with Gasteiger partial charge in [-0.15, -0.1) is 10.2 Å². The van der Waals surface area contributed by atoms with Crippen LogP contribution in [0.15, 0.2) is 51.7 Å². The standard InChI is InChI=1S/C14H9N3O4/c18-11-6-2-5-10(15-11)13-17-16-12(21-13)8-3-1-4-9(7-8)14(19)20/h1-7H,(H,15,18)(H,19,20). The zero-order valence-corrected chi connectivity index (χ0v) is 10.6. The molecule has 3 aromatic rings. The molecular formula is C14H9N3O4. The highest BCUT2D eigenvalue weighted by Crippen LogP contribution is 2.22. The molecule has 0 amide bonds. The molecule has 0 aliphatic rings. The Kier molecular flexibility index (Phi) is 3.07. The second-order valence-corrected chi connectivity index (χ2v) is 4.23. The molecule has 1 aromatic carbocycles. The fraction of sp³-hybridized carbons (Fsp3) is 0. The number of H-pyrrole nitrogens is 1. The molecular weight excluding hydrogens is 274 g/mol. The molecule has 7 heteroatoms. The molecule has 0 saturated heterocycles. The maximum absolute atomic E-state index is 11.2. The Bertz CT molecular complexity index is 866. The van der Waals surface area contributed by atoms with Gasteiger partial charge in [-0.1, -0.05) is 12.1 Å². The molecule has 2 aromatic heterocycles. The Morgan fingerprint density at radius 3 is 2.62 bits per heavy atom. The van der Waals surface area contributed by atoms with Crippen LogP contribution in [0.4, 0.5) is 0 Å². The van der Waals surface area contributed by atoms with E-state index in [0.29, 0.717) is 11.3 Å². The lowest BCUT2D eigenvalue weighted by molar-refractivity contribution is 0.0697. The summed E-state index contributed by atoms with van der Waals surface area (Å²) in [5, 5.41) is 16.7. The third kappa shape index (κ3) is 2.57. The number of pyridine rings is 1. The van der Waals surface area contributed by atoms with E-state index in [-0.39, 0.29) is 22.9 Å². The number of carboxylic acids is 1. The summed E-state index contributed by atoms with van der Waals surface area (Å²) in [6.45, 7) is 0. The smallest absolute Gasteiger partial charge is 0.335 e. The van der Waals surface area contributed by atoms with Crippen LogP contribution in [0.25, 0.3) is 23.0 Å². The van der Waals surface area contributed by atoms with E-state index in [0.717, 1.165) is 0 Å². The second-order valence-electron chi connectivity index (χ2n) is 4.23. The van der Waals surface area contributed by atoms with Crippen LogP contribution in [0.2, 0.25) is 0 Å². The molecule has 2 N–H and O–H groups in total. The Morgan fingerprint density at radius 1 is 1.10 bits per heavy atom. The highest BCUT2D eigenvalue weighted by molar-refractivity contribution is 5.88. The maximum Gasteiger partial charge on any atom is 0.335 e. The first-order valence-electron chi connectivity index (χ1n) is 6.00. The van der Waals surface area contributed by atoms with Gasteiger partial charge in [0.05, 0.1) is 5.56 Å². The Balaban J connectivity index is 2.00. The Morgan fingerprint density at radius 2 is 1.86 bits per heavy atom. The molecule has 0 bridgehead atoms. The lowest BCUT2D eigenvalue weighted by atomic mass is 10.1. The van der Waals surface area contributed by atoms with Gasteiger partial charge in [-0.05, 0) is 24.3 Å². The SMILES string of the molecule is O=C(O)c1cccc(-c2nnc(-c3cccc(=O)[nH]3)o2)c1. The number of nitrogens with zero attached hydrogens (tertiary/aromatic N) is 2. The summed E-state index contributed by atoms with van der Waals surface area (Å²) < 4.78 is 5.46. The largest absolute Gasteiger partial charge is 0.478 e. The van der Waals surface area contributed by atoms with Crippen molar-refractivity contribution in [1.82, 2.24) is 15.2 Å². The highest BCUT2D eigenvalue weighted by atomic mass is 16.4. The first-order chi connectivity index (χ1) is 10.1. The third-order valence-electron chi connectivity index (χ3n) is 2.78. The quantitative estimate of drug-likeness (QED) is 0.758. The number of benzene rings is 1. The van der Waals surface area contributed by atoms with Gasteiger partial charge in [-0.2, -0.15) is 0 Å². The van der Waals surface area contributed by atoms with Gasteiger partial charge in [0.15, 0.2) is 0 Å². The van der Waals surface area contributed by atoms with Crippen LogP contribution >= 0.6 is 0 Å². The summed E-state index contributed by atoms with van der Waals surface area (Å²) >= 11 is 0. The van der Waals surface area contributed by atoms with Gasteiger partial charge in [-0.25, -0.2) is 4.79 Å². The first-order valence-corrected chi connectivity index (χ1v) is 6.00. The summed E-state index contributed by atoms with van der Waals surface area (Å²) in [6.07, 6.45) is 0. The molecule has 3 rings (SSSR count). The van der Waals surface area contributed by atoms with E-state index < -0.39 is 5.97 Å². The molecule has 0 aliphatic carbocycles. The molecule has 7 nitrogen and oxygen atoms in total. The number of carbonyl (C=O) groups is 1. The number of hydrogen-bond donors (Lipinski definition) is 2. The zero-order chi connectivity index (χ0) is 14.8. The minimum Gasteiger partial charge on any atom is -0.478 e. The van der Waals surface area contributed by atoms with Crippen LogP contribution in [-0.4, -0.2) is 26.3 Å². The number of hydrogen-bond acceptors (Lipinski definition) is 5. The van der Waals surface area contributed by atoms with Gasteiger partial charge in [-0.3, -0.25) is 4.79 Å². The lowest BCUT2D eigenvalue weighted by Crippen LogP contribution is -2.03. The normalized spacial score (nSPS) is 10.5. The maximum atomic E-state index is 11.2. The molecule has 0 atom stereocenters. The Hall–Kier alpha value is -3.22. The molecule has 0 spiro atoms. The van der Waals surface area contributed by atoms with Crippen molar-refractivity contribution in [2.45, 2.75) is 0 Å². The van der Waals surface area contributed by atoms with E-state index in [1.165, 1.54) is 18.2 Å². The predicted molar refractivity (Wildman–Crippen MR) is 72.8 cm³/mol. The van der Waals surface area contributed by atoms with Crippen LogP contribution in [-0.2, 0) is 0 Å². The minimum atomic E-state index is -1.04. The van der Waals surface area contributed by atoms with Crippen molar-refractivity contribution in [1.29, 1.82) is 0 Å². The van der Waals surface area contributed by atoms with Gasteiger partial charge in [0.1, 0.15) is 5.69 Å². The third-order valence-corrected chi connectivity index (χ3v) is 2.78. The average Bonchev–Trinajstić information content (AvgIpc) is 2.97. The van der Waals surface area contributed by atoms with Crippen LogP contribution in [0.5, 0.6) is 0 Å². The monoisotopic (exact) mass is 283 g/mol. The number of aromatic carboxylic acids is 1. The van der Waals surface area contributed by atoms with Crippen molar-refractivity contribution in [3.8, 4) is 23.0 Å². The van der Waals surface area contributed by atoms with E-state index in [1.54, 1.807) is 24.3 Å². The van der Waals surface area contributed by atoms with Crippen LogP contribution in [0.1, 0.15) is 10.4 Å². The number of aromatic amines is 1. The number of carboxylic acid groups (broad SMARTS) is 1. The summed E-state index contributed by atoms with van der Waals surface area (Å²) in [6, 6.07) is 10.7.